The predicted octanol–water partition coefficient (Wildman–Crippen LogP) is 0.344. The second-order valence-corrected chi connectivity index (χ2v) is 4.60. The lowest BCUT2D eigenvalue weighted by molar-refractivity contribution is 0.0597. The topological polar surface area (TPSA) is 82.6 Å². The number of hydrogen-bond donors (Lipinski definition) is 0. The third-order valence-electron chi connectivity index (χ3n) is 1.71. The number of carbonyl (C=O) groups is 1. The molecule has 1 aromatic rings. The molecule has 0 saturated carbocycles. The minimum atomic E-state index is -3.56. The number of rotatable bonds is 4. The first-order valence-corrected chi connectivity index (χ1v) is 6.12. The Morgan fingerprint density at radius 1 is 1.50 bits per heavy atom. The van der Waals surface area contributed by atoms with Crippen molar-refractivity contribution in [3.63, 3.8) is 0 Å². The standard InChI is InChI=1S/C9H11NO5S/c1-14-9(11)7-4-3-5-10-8(7)6-15-16(2,12)13/h3-5H,6H2,1-2H3. The van der Waals surface area contributed by atoms with Gasteiger partial charge >= 0.3 is 5.97 Å². The van der Waals surface area contributed by atoms with Crippen molar-refractivity contribution in [2.24, 2.45) is 0 Å². The van der Waals surface area contributed by atoms with Crippen molar-refractivity contribution in [2.75, 3.05) is 13.4 Å². The smallest absolute Gasteiger partial charge is 0.339 e. The van der Waals surface area contributed by atoms with Crippen LogP contribution in [-0.4, -0.2) is 32.7 Å². The van der Waals surface area contributed by atoms with Gasteiger partial charge in [0.1, 0.15) is 6.61 Å². The van der Waals surface area contributed by atoms with Crippen LogP contribution < -0.4 is 0 Å². The van der Waals surface area contributed by atoms with Gasteiger partial charge in [-0.3, -0.25) is 9.17 Å². The third-order valence-corrected chi connectivity index (χ3v) is 2.25. The van der Waals surface area contributed by atoms with Gasteiger partial charge in [0.25, 0.3) is 10.1 Å². The molecule has 1 rings (SSSR count). The molecule has 0 amide bonds. The highest BCUT2D eigenvalue weighted by atomic mass is 32.2. The zero-order valence-electron chi connectivity index (χ0n) is 8.84. The van der Waals surface area contributed by atoms with E-state index in [-0.39, 0.29) is 17.9 Å². The Bertz CT molecular complexity index is 482. The summed E-state index contributed by atoms with van der Waals surface area (Å²) in [4.78, 5) is 15.2. The monoisotopic (exact) mass is 245 g/mol. The minimum Gasteiger partial charge on any atom is -0.465 e. The maximum Gasteiger partial charge on any atom is 0.339 e. The summed E-state index contributed by atoms with van der Waals surface area (Å²) in [5, 5.41) is 0. The van der Waals surface area contributed by atoms with Crippen LogP contribution in [0.3, 0.4) is 0 Å². The molecule has 16 heavy (non-hydrogen) atoms. The summed E-state index contributed by atoms with van der Waals surface area (Å²) in [6.45, 7) is -0.288. The zero-order valence-corrected chi connectivity index (χ0v) is 9.65. The van der Waals surface area contributed by atoms with Gasteiger partial charge in [-0.25, -0.2) is 4.79 Å². The number of esters is 1. The lowest BCUT2D eigenvalue weighted by Crippen LogP contribution is -2.10. The summed E-state index contributed by atoms with van der Waals surface area (Å²) < 4.78 is 30.7. The summed E-state index contributed by atoms with van der Waals surface area (Å²) in [5.74, 6) is -0.583. The first-order chi connectivity index (χ1) is 7.44. The average Bonchev–Trinajstić information content (AvgIpc) is 2.25. The second-order valence-electron chi connectivity index (χ2n) is 2.96. The maximum absolute atomic E-state index is 11.3. The molecule has 0 N–H and O–H groups in total. The zero-order chi connectivity index (χ0) is 12.2. The van der Waals surface area contributed by atoms with Gasteiger partial charge in [0.2, 0.25) is 0 Å². The summed E-state index contributed by atoms with van der Waals surface area (Å²) in [6, 6.07) is 3.04. The molecule has 6 nitrogen and oxygen atoms in total. The molecule has 0 aliphatic carbocycles. The third kappa shape index (κ3) is 3.59. The number of methoxy groups -OCH3 is 1. The van der Waals surface area contributed by atoms with Crippen LogP contribution in [0, 0.1) is 0 Å². The highest BCUT2D eigenvalue weighted by Crippen LogP contribution is 2.09. The highest BCUT2D eigenvalue weighted by Gasteiger charge is 2.14. The molecule has 88 valence electrons. The fraction of sp³-hybridized carbons (Fsp3) is 0.333. The number of ether oxygens (including phenoxy) is 1. The Hall–Kier alpha value is -1.47. The molecule has 0 fully saturated rings. The lowest BCUT2D eigenvalue weighted by Gasteiger charge is -2.05. The van der Waals surface area contributed by atoms with Crippen LogP contribution >= 0.6 is 0 Å². The van der Waals surface area contributed by atoms with E-state index >= 15 is 0 Å². The van der Waals surface area contributed by atoms with Crippen molar-refractivity contribution < 1.29 is 22.1 Å². The Kier molecular flexibility index (Phi) is 3.97. The summed E-state index contributed by atoms with van der Waals surface area (Å²) in [7, 11) is -2.33. The van der Waals surface area contributed by atoms with E-state index in [0.717, 1.165) is 6.26 Å². The van der Waals surface area contributed by atoms with Gasteiger partial charge in [-0.05, 0) is 12.1 Å². The van der Waals surface area contributed by atoms with Crippen molar-refractivity contribution in [1.82, 2.24) is 4.98 Å². The molecule has 0 atom stereocenters. The largest absolute Gasteiger partial charge is 0.465 e. The van der Waals surface area contributed by atoms with Gasteiger partial charge in [-0.2, -0.15) is 8.42 Å². The second kappa shape index (κ2) is 5.04. The molecule has 0 aliphatic heterocycles. The van der Waals surface area contributed by atoms with Gasteiger partial charge in [-0.15, -0.1) is 0 Å². The Morgan fingerprint density at radius 2 is 2.19 bits per heavy atom. The van der Waals surface area contributed by atoms with Gasteiger partial charge in [0.15, 0.2) is 0 Å². The molecule has 1 aromatic heterocycles. The van der Waals surface area contributed by atoms with Gasteiger partial charge in [-0.1, -0.05) is 0 Å². The van der Waals surface area contributed by atoms with E-state index in [9.17, 15) is 13.2 Å². The highest BCUT2D eigenvalue weighted by molar-refractivity contribution is 7.85. The molecule has 0 saturated heterocycles. The van der Waals surface area contributed by atoms with Crippen LogP contribution in [0.15, 0.2) is 18.3 Å². The summed E-state index contributed by atoms with van der Waals surface area (Å²) >= 11 is 0. The number of aromatic nitrogens is 1. The first-order valence-electron chi connectivity index (χ1n) is 4.30. The summed E-state index contributed by atoms with van der Waals surface area (Å²) in [6.07, 6.45) is 2.36. The molecule has 0 bridgehead atoms. The normalized spacial score (nSPS) is 11.1. The fourth-order valence-corrected chi connectivity index (χ4v) is 1.34. The van der Waals surface area contributed by atoms with E-state index < -0.39 is 16.1 Å². The van der Waals surface area contributed by atoms with Crippen molar-refractivity contribution in [2.45, 2.75) is 6.61 Å². The van der Waals surface area contributed by atoms with Crippen LogP contribution in [0.1, 0.15) is 16.1 Å². The quantitative estimate of drug-likeness (QED) is 0.562. The van der Waals surface area contributed by atoms with Gasteiger partial charge in [0, 0.05) is 6.20 Å². The minimum absolute atomic E-state index is 0.189. The molecule has 1 heterocycles. The van der Waals surface area contributed by atoms with Crippen LogP contribution in [0.4, 0.5) is 0 Å². The molecule has 0 radical (unpaired) electrons. The average molecular weight is 245 g/mol. The van der Waals surface area contributed by atoms with E-state index in [1.807, 2.05) is 0 Å². The van der Waals surface area contributed by atoms with E-state index in [0.29, 0.717) is 0 Å². The van der Waals surface area contributed by atoms with Crippen LogP contribution in [0.5, 0.6) is 0 Å². The van der Waals surface area contributed by atoms with Crippen molar-refractivity contribution in [3.8, 4) is 0 Å². The van der Waals surface area contributed by atoms with E-state index in [2.05, 4.69) is 13.9 Å². The van der Waals surface area contributed by atoms with Gasteiger partial charge < -0.3 is 4.74 Å². The van der Waals surface area contributed by atoms with Crippen LogP contribution in [0.25, 0.3) is 0 Å². The molecule has 0 spiro atoms. The van der Waals surface area contributed by atoms with Crippen LogP contribution in [-0.2, 0) is 25.6 Å². The molecule has 7 heteroatoms. The molecular weight excluding hydrogens is 234 g/mol. The number of pyridine rings is 1. The molecule has 0 aromatic carbocycles. The Morgan fingerprint density at radius 3 is 2.75 bits per heavy atom. The van der Waals surface area contributed by atoms with Crippen molar-refractivity contribution in [1.29, 1.82) is 0 Å². The number of nitrogens with zero attached hydrogens (tertiary/aromatic N) is 1. The van der Waals surface area contributed by atoms with Crippen molar-refractivity contribution >= 4 is 16.1 Å². The molecule has 0 unspecified atom stereocenters. The predicted molar refractivity (Wildman–Crippen MR) is 55.2 cm³/mol. The fourth-order valence-electron chi connectivity index (χ4n) is 1.01. The van der Waals surface area contributed by atoms with Crippen molar-refractivity contribution in [3.05, 3.63) is 29.6 Å². The maximum atomic E-state index is 11.3. The first kappa shape index (κ1) is 12.6. The number of carbonyl (C=O) groups excluding carboxylic acids is 1. The lowest BCUT2D eigenvalue weighted by atomic mass is 10.2. The van der Waals surface area contributed by atoms with E-state index in [1.54, 1.807) is 6.07 Å². The Balaban J connectivity index is 2.91. The number of hydrogen-bond acceptors (Lipinski definition) is 6. The van der Waals surface area contributed by atoms with Gasteiger partial charge in [0.05, 0.1) is 24.6 Å². The SMILES string of the molecule is COC(=O)c1cccnc1COS(C)(=O)=O. The van der Waals surface area contributed by atoms with E-state index in [4.69, 9.17) is 0 Å². The molecular formula is C9H11NO5S. The van der Waals surface area contributed by atoms with E-state index in [1.165, 1.54) is 19.4 Å². The molecule has 0 aliphatic rings. The Labute approximate surface area is 93.3 Å². The summed E-state index contributed by atoms with van der Waals surface area (Å²) in [5.41, 5.74) is 0.411. The van der Waals surface area contributed by atoms with Crippen LogP contribution in [0.2, 0.25) is 0 Å².